The largest absolute Gasteiger partial charge is 0.494 e. The Balaban J connectivity index is 1.89. The fraction of sp³-hybridized carbons (Fsp3) is 0.556. The van der Waals surface area contributed by atoms with Crippen molar-refractivity contribution in [3.63, 3.8) is 0 Å². The van der Waals surface area contributed by atoms with Crippen molar-refractivity contribution in [2.24, 2.45) is 5.92 Å². The van der Waals surface area contributed by atoms with E-state index in [1.807, 2.05) is 31.2 Å². The number of carbonyl (C=O) groups is 2. The van der Waals surface area contributed by atoms with Crippen LogP contribution in [0.1, 0.15) is 44.7 Å². The van der Waals surface area contributed by atoms with Crippen molar-refractivity contribution < 1.29 is 19.4 Å². The van der Waals surface area contributed by atoms with E-state index in [4.69, 9.17) is 9.84 Å². The monoisotopic (exact) mass is 334 g/mol. The number of nitrogens with one attached hydrogen (secondary N) is 1. The fourth-order valence-electron chi connectivity index (χ4n) is 2.80. The van der Waals surface area contributed by atoms with E-state index in [1.165, 1.54) is 0 Å². The first-order chi connectivity index (χ1) is 11.5. The Morgan fingerprint density at radius 1 is 1.38 bits per heavy atom. The first kappa shape index (κ1) is 18.1. The standard InChI is InChI=1S/C18H26N2O4/c1-3-11-24-16-8-6-14(7-9-16)13(2)19-18(23)20-10-4-5-15(12-20)17(21)22/h6-9,13,15H,3-5,10-12H2,1-2H3,(H,19,23)(H,21,22). The van der Waals surface area contributed by atoms with Crippen molar-refractivity contribution in [3.8, 4) is 5.75 Å². The number of carboxylic acid groups (broad SMARTS) is 1. The quantitative estimate of drug-likeness (QED) is 0.838. The second-order valence-electron chi connectivity index (χ2n) is 6.21. The summed E-state index contributed by atoms with van der Waals surface area (Å²) in [4.78, 5) is 25.1. The third-order valence-corrected chi connectivity index (χ3v) is 4.25. The highest BCUT2D eigenvalue weighted by atomic mass is 16.5. The van der Waals surface area contributed by atoms with Crippen molar-refractivity contribution >= 4 is 12.0 Å². The summed E-state index contributed by atoms with van der Waals surface area (Å²) in [6, 6.07) is 7.31. The molecule has 1 fully saturated rings. The van der Waals surface area contributed by atoms with Crippen LogP contribution in [0.2, 0.25) is 0 Å². The molecule has 1 aromatic carbocycles. The fourth-order valence-corrected chi connectivity index (χ4v) is 2.80. The number of carboxylic acids is 1. The Morgan fingerprint density at radius 2 is 2.08 bits per heavy atom. The molecule has 2 atom stereocenters. The molecule has 1 saturated heterocycles. The van der Waals surface area contributed by atoms with Crippen molar-refractivity contribution in [1.82, 2.24) is 10.2 Å². The van der Waals surface area contributed by atoms with Crippen molar-refractivity contribution in [3.05, 3.63) is 29.8 Å². The first-order valence-corrected chi connectivity index (χ1v) is 8.52. The van der Waals surface area contributed by atoms with E-state index in [0.717, 1.165) is 24.2 Å². The molecule has 2 amide bonds. The predicted octanol–water partition coefficient (Wildman–Crippen LogP) is 3.04. The van der Waals surface area contributed by atoms with Gasteiger partial charge in [0, 0.05) is 13.1 Å². The molecule has 1 aliphatic rings. The second kappa shape index (κ2) is 8.57. The van der Waals surface area contributed by atoms with Crippen molar-refractivity contribution in [2.45, 2.75) is 39.2 Å². The lowest BCUT2D eigenvalue weighted by Crippen LogP contribution is -2.47. The molecule has 0 aromatic heterocycles. The summed E-state index contributed by atoms with van der Waals surface area (Å²) < 4.78 is 5.55. The number of urea groups is 1. The van der Waals surface area contributed by atoms with Crippen molar-refractivity contribution in [1.29, 1.82) is 0 Å². The van der Waals surface area contributed by atoms with Gasteiger partial charge in [-0.1, -0.05) is 19.1 Å². The Hall–Kier alpha value is -2.24. The van der Waals surface area contributed by atoms with Crippen LogP contribution in [0, 0.1) is 5.92 Å². The Kier molecular flexibility index (Phi) is 6.46. The molecule has 0 radical (unpaired) electrons. The van der Waals surface area contributed by atoms with Gasteiger partial charge in [-0.25, -0.2) is 4.79 Å². The van der Waals surface area contributed by atoms with E-state index in [1.54, 1.807) is 4.90 Å². The van der Waals surface area contributed by atoms with Gasteiger partial charge in [0.25, 0.3) is 0 Å². The number of rotatable bonds is 6. The number of ether oxygens (including phenoxy) is 1. The smallest absolute Gasteiger partial charge is 0.317 e. The van der Waals surface area contributed by atoms with Crippen LogP contribution in [0.4, 0.5) is 4.79 Å². The lowest BCUT2D eigenvalue weighted by Gasteiger charge is -2.31. The highest BCUT2D eigenvalue weighted by Crippen LogP contribution is 2.20. The van der Waals surface area contributed by atoms with Crippen LogP contribution in [0.15, 0.2) is 24.3 Å². The van der Waals surface area contributed by atoms with Crippen LogP contribution in [0.3, 0.4) is 0 Å². The number of carbonyl (C=O) groups excluding carboxylic acids is 1. The molecule has 2 N–H and O–H groups in total. The molecule has 6 nitrogen and oxygen atoms in total. The third kappa shape index (κ3) is 4.88. The molecule has 1 heterocycles. The SMILES string of the molecule is CCCOc1ccc(C(C)NC(=O)N2CCCC(C(=O)O)C2)cc1. The van der Waals surface area contributed by atoms with Gasteiger partial charge < -0.3 is 20.1 Å². The molecule has 6 heteroatoms. The number of piperidine rings is 1. The number of aliphatic carboxylic acids is 1. The average molecular weight is 334 g/mol. The Bertz CT molecular complexity index is 559. The minimum absolute atomic E-state index is 0.150. The molecule has 0 aliphatic carbocycles. The van der Waals surface area contributed by atoms with Crippen LogP contribution in [0.25, 0.3) is 0 Å². The number of nitrogens with zero attached hydrogens (tertiary/aromatic N) is 1. The molecule has 132 valence electrons. The van der Waals surface area contributed by atoms with Crippen LogP contribution in [-0.4, -0.2) is 41.7 Å². The zero-order valence-electron chi connectivity index (χ0n) is 14.3. The third-order valence-electron chi connectivity index (χ3n) is 4.25. The van der Waals surface area contributed by atoms with Gasteiger partial charge in [0.1, 0.15) is 5.75 Å². The molecule has 1 aromatic rings. The van der Waals surface area contributed by atoms with Gasteiger partial charge in [0.15, 0.2) is 0 Å². The second-order valence-corrected chi connectivity index (χ2v) is 6.21. The van der Waals surface area contributed by atoms with Gasteiger partial charge >= 0.3 is 12.0 Å². The minimum Gasteiger partial charge on any atom is -0.494 e. The summed E-state index contributed by atoms with van der Waals surface area (Å²) in [5.74, 6) is -0.475. The molecule has 1 aliphatic heterocycles. The molecular formula is C18H26N2O4. The van der Waals surface area contributed by atoms with Gasteiger partial charge in [0.2, 0.25) is 0 Å². The van der Waals surface area contributed by atoms with Gasteiger partial charge in [-0.2, -0.15) is 0 Å². The van der Waals surface area contributed by atoms with Gasteiger partial charge in [0.05, 0.1) is 18.6 Å². The van der Waals surface area contributed by atoms with Gasteiger partial charge in [-0.15, -0.1) is 0 Å². The molecule has 24 heavy (non-hydrogen) atoms. The Labute approximate surface area is 142 Å². The lowest BCUT2D eigenvalue weighted by molar-refractivity contribution is -0.143. The van der Waals surface area contributed by atoms with E-state index in [2.05, 4.69) is 12.2 Å². The maximum Gasteiger partial charge on any atom is 0.317 e. The predicted molar refractivity (Wildman–Crippen MR) is 91.1 cm³/mol. The zero-order chi connectivity index (χ0) is 17.5. The summed E-state index contributed by atoms with van der Waals surface area (Å²) in [5.41, 5.74) is 0.985. The first-order valence-electron chi connectivity index (χ1n) is 8.52. The molecule has 0 spiro atoms. The minimum atomic E-state index is -0.830. The summed E-state index contributed by atoms with van der Waals surface area (Å²) in [6.07, 6.45) is 2.32. The summed E-state index contributed by atoms with van der Waals surface area (Å²) in [5, 5.41) is 12.1. The Morgan fingerprint density at radius 3 is 2.71 bits per heavy atom. The maximum atomic E-state index is 12.4. The maximum absolute atomic E-state index is 12.4. The summed E-state index contributed by atoms with van der Waals surface area (Å²) in [6.45, 7) is 5.54. The molecule has 0 bridgehead atoms. The highest BCUT2D eigenvalue weighted by molar-refractivity contribution is 5.77. The van der Waals surface area contributed by atoms with Crippen LogP contribution in [0.5, 0.6) is 5.75 Å². The summed E-state index contributed by atoms with van der Waals surface area (Å²) in [7, 11) is 0. The number of amides is 2. The summed E-state index contributed by atoms with van der Waals surface area (Å²) >= 11 is 0. The molecule has 2 rings (SSSR count). The average Bonchev–Trinajstić information content (AvgIpc) is 2.60. The van der Waals surface area contributed by atoms with E-state index >= 15 is 0 Å². The van der Waals surface area contributed by atoms with E-state index in [0.29, 0.717) is 19.6 Å². The van der Waals surface area contributed by atoms with Crippen molar-refractivity contribution in [2.75, 3.05) is 19.7 Å². The van der Waals surface area contributed by atoms with E-state index in [-0.39, 0.29) is 18.6 Å². The number of likely N-dealkylation sites (tertiary alicyclic amines) is 1. The van der Waals surface area contributed by atoms with Crippen LogP contribution < -0.4 is 10.1 Å². The van der Waals surface area contributed by atoms with E-state index < -0.39 is 11.9 Å². The zero-order valence-corrected chi connectivity index (χ0v) is 14.3. The normalized spacial score (nSPS) is 18.8. The number of benzene rings is 1. The highest BCUT2D eigenvalue weighted by Gasteiger charge is 2.28. The number of hydrogen-bond acceptors (Lipinski definition) is 3. The van der Waals surface area contributed by atoms with Crippen LogP contribution >= 0.6 is 0 Å². The van der Waals surface area contributed by atoms with E-state index in [9.17, 15) is 9.59 Å². The van der Waals surface area contributed by atoms with Gasteiger partial charge in [-0.3, -0.25) is 4.79 Å². The molecular weight excluding hydrogens is 308 g/mol. The van der Waals surface area contributed by atoms with Gasteiger partial charge in [-0.05, 0) is 43.9 Å². The lowest BCUT2D eigenvalue weighted by atomic mass is 9.98. The molecule has 0 saturated carbocycles. The number of hydrogen-bond donors (Lipinski definition) is 2. The molecule has 2 unspecified atom stereocenters. The topological polar surface area (TPSA) is 78.9 Å². The van der Waals surface area contributed by atoms with Crippen LogP contribution in [-0.2, 0) is 4.79 Å².